The number of carbonyl (C=O) groups is 1. The van der Waals surface area contributed by atoms with Crippen molar-refractivity contribution in [2.24, 2.45) is 0 Å². The van der Waals surface area contributed by atoms with E-state index in [0.29, 0.717) is 0 Å². The lowest BCUT2D eigenvalue weighted by Crippen LogP contribution is -2.68. The third kappa shape index (κ3) is 4.01. The van der Waals surface area contributed by atoms with Gasteiger partial charge >= 0.3 is 6.03 Å². The van der Waals surface area contributed by atoms with Crippen LogP contribution in [0.3, 0.4) is 0 Å². The Balaban J connectivity index is 1.80. The Hall–Kier alpha value is -1.11. The van der Waals surface area contributed by atoms with Gasteiger partial charge < -0.3 is 15.3 Å². The number of benzene rings is 1. The minimum absolute atomic E-state index is 0.0267. The second-order valence-corrected chi connectivity index (χ2v) is 8.31. The molecule has 2 aliphatic heterocycles. The largest absolute Gasteiger partial charge is 0.395 e. The van der Waals surface area contributed by atoms with Crippen molar-refractivity contribution in [2.45, 2.75) is 50.7 Å². The summed E-state index contributed by atoms with van der Waals surface area (Å²) >= 11 is 3.49. The summed E-state index contributed by atoms with van der Waals surface area (Å²) in [5, 5.41) is 12.9. The highest BCUT2D eigenvalue weighted by Crippen LogP contribution is 2.42. The van der Waals surface area contributed by atoms with E-state index in [-0.39, 0.29) is 36.7 Å². The molecule has 138 valence electrons. The minimum Gasteiger partial charge on any atom is -0.395 e. The summed E-state index contributed by atoms with van der Waals surface area (Å²) in [5.41, 5.74) is 1.24. The van der Waals surface area contributed by atoms with Crippen molar-refractivity contribution >= 4 is 22.0 Å². The van der Waals surface area contributed by atoms with Gasteiger partial charge in [0.25, 0.3) is 0 Å². The number of rotatable bonds is 3. The fourth-order valence-electron chi connectivity index (χ4n) is 4.15. The third-order valence-corrected chi connectivity index (χ3v) is 5.85. The molecule has 3 atom stereocenters. The van der Waals surface area contributed by atoms with Gasteiger partial charge in [0.1, 0.15) is 0 Å². The van der Waals surface area contributed by atoms with Crippen molar-refractivity contribution in [2.75, 3.05) is 26.2 Å². The molecule has 2 amide bonds. The van der Waals surface area contributed by atoms with Crippen molar-refractivity contribution < 1.29 is 9.90 Å². The number of aliphatic hydroxyl groups is 1. The van der Waals surface area contributed by atoms with Crippen molar-refractivity contribution in [1.82, 2.24) is 15.1 Å². The van der Waals surface area contributed by atoms with Crippen LogP contribution in [0.25, 0.3) is 0 Å². The smallest absolute Gasteiger partial charge is 0.317 e. The van der Waals surface area contributed by atoms with E-state index in [4.69, 9.17) is 0 Å². The molecule has 5 nitrogen and oxygen atoms in total. The van der Waals surface area contributed by atoms with Crippen LogP contribution in [0, 0.1) is 0 Å². The van der Waals surface area contributed by atoms with E-state index in [9.17, 15) is 9.90 Å². The zero-order chi connectivity index (χ0) is 18.0. The first-order valence-electron chi connectivity index (χ1n) is 9.18. The molecule has 0 saturated carbocycles. The highest BCUT2D eigenvalue weighted by Gasteiger charge is 2.49. The summed E-state index contributed by atoms with van der Waals surface area (Å²) in [6, 6.07) is 8.97. The summed E-state index contributed by atoms with van der Waals surface area (Å²) < 4.78 is 1.06. The Morgan fingerprint density at radius 3 is 2.60 bits per heavy atom. The van der Waals surface area contributed by atoms with Crippen molar-refractivity contribution in [3.63, 3.8) is 0 Å². The van der Waals surface area contributed by atoms with E-state index < -0.39 is 0 Å². The first kappa shape index (κ1) is 18.7. The molecule has 0 radical (unpaired) electrons. The van der Waals surface area contributed by atoms with Crippen LogP contribution in [0.2, 0.25) is 0 Å². The standard InChI is InChI=1S/C19H28BrN3O2/c1-13(2)21-19(25)22-9-3-4-10-23-16(11-22)18(17(23)12-24)14-5-7-15(20)8-6-14/h5-8,13,16-18,24H,3-4,9-12H2,1-2H3,(H,21,25)/t16-,17-,18-/m1/s1. The molecule has 1 aromatic carbocycles. The molecule has 25 heavy (non-hydrogen) atoms. The van der Waals surface area contributed by atoms with Gasteiger partial charge in [0.15, 0.2) is 0 Å². The number of aliphatic hydroxyl groups excluding tert-OH is 1. The zero-order valence-electron chi connectivity index (χ0n) is 15.0. The number of fused-ring (bicyclic) bond motifs is 1. The molecule has 0 aromatic heterocycles. The average molecular weight is 410 g/mol. The Morgan fingerprint density at radius 1 is 1.28 bits per heavy atom. The lowest BCUT2D eigenvalue weighted by molar-refractivity contribution is -0.0591. The molecular formula is C19H28BrN3O2. The van der Waals surface area contributed by atoms with Gasteiger partial charge in [0.05, 0.1) is 6.61 Å². The van der Waals surface area contributed by atoms with Gasteiger partial charge in [0.2, 0.25) is 0 Å². The highest BCUT2D eigenvalue weighted by molar-refractivity contribution is 9.10. The maximum atomic E-state index is 12.5. The fourth-order valence-corrected chi connectivity index (χ4v) is 4.41. The summed E-state index contributed by atoms with van der Waals surface area (Å²) in [5.74, 6) is 0.269. The quantitative estimate of drug-likeness (QED) is 0.806. The maximum Gasteiger partial charge on any atom is 0.317 e. The van der Waals surface area contributed by atoms with Crippen molar-refractivity contribution in [3.8, 4) is 0 Å². The van der Waals surface area contributed by atoms with Gasteiger partial charge in [0, 0.05) is 41.6 Å². The second-order valence-electron chi connectivity index (χ2n) is 7.39. The molecule has 2 heterocycles. The lowest BCUT2D eigenvalue weighted by Gasteiger charge is -2.57. The Kier molecular flexibility index (Phi) is 6.02. The van der Waals surface area contributed by atoms with Crippen LogP contribution in [0.15, 0.2) is 28.7 Å². The number of halogens is 1. The van der Waals surface area contributed by atoms with E-state index in [0.717, 1.165) is 36.9 Å². The summed E-state index contributed by atoms with van der Waals surface area (Å²) in [6.45, 7) is 6.67. The number of urea groups is 1. The monoisotopic (exact) mass is 409 g/mol. The van der Waals surface area contributed by atoms with Gasteiger partial charge in [-0.15, -0.1) is 0 Å². The highest BCUT2D eigenvalue weighted by atomic mass is 79.9. The van der Waals surface area contributed by atoms with E-state index in [1.807, 2.05) is 18.7 Å². The topological polar surface area (TPSA) is 55.8 Å². The third-order valence-electron chi connectivity index (χ3n) is 5.32. The molecule has 1 aromatic rings. The van der Waals surface area contributed by atoms with E-state index in [1.54, 1.807) is 0 Å². The van der Waals surface area contributed by atoms with Crippen molar-refractivity contribution in [3.05, 3.63) is 34.3 Å². The van der Waals surface area contributed by atoms with Crippen LogP contribution in [-0.2, 0) is 0 Å². The van der Waals surface area contributed by atoms with E-state index in [2.05, 4.69) is 50.4 Å². The van der Waals surface area contributed by atoms with Crippen LogP contribution in [0.4, 0.5) is 4.79 Å². The molecule has 2 fully saturated rings. The predicted molar refractivity (Wildman–Crippen MR) is 103 cm³/mol. The summed E-state index contributed by atoms with van der Waals surface area (Å²) in [4.78, 5) is 16.9. The van der Waals surface area contributed by atoms with Crippen LogP contribution in [0.5, 0.6) is 0 Å². The molecule has 0 unspecified atom stereocenters. The first-order valence-corrected chi connectivity index (χ1v) is 9.98. The molecule has 0 spiro atoms. The molecule has 2 saturated heterocycles. The average Bonchev–Trinajstić information content (AvgIpc) is 2.54. The van der Waals surface area contributed by atoms with E-state index >= 15 is 0 Å². The summed E-state index contributed by atoms with van der Waals surface area (Å²) in [7, 11) is 0. The Bertz CT molecular complexity index is 593. The molecule has 3 rings (SSSR count). The van der Waals surface area contributed by atoms with Gasteiger partial charge in [-0.3, -0.25) is 4.90 Å². The SMILES string of the molecule is CC(C)NC(=O)N1CCCCN2[C@H](CO)[C@H](c3ccc(Br)cc3)[C@H]2C1. The van der Waals surface area contributed by atoms with Crippen molar-refractivity contribution in [1.29, 1.82) is 0 Å². The number of hydrogen-bond donors (Lipinski definition) is 2. The van der Waals surface area contributed by atoms with Gasteiger partial charge in [-0.1, -0.05) is 28.1 Å². The molecule has 2 aliphatic rings. The number of amides is 2. The Morgan fingerprint density at radius 2 is 1.96 bits per heavy atom. The van der Waals surface area contributed by atoms with Gasteiger partial charge in [-0.2, -0.15) is 0 Å². The lowest BCUT2D eigenvalue weighted by atomic mass is 9.74. The maximum absolute atomic E-state index is 12.5. The molecule has 6 heteroatoms. The van der Waals surface area contributed by atoms with Crippen LogP contribution >= 0.6 is 15.9 Å². The molecule has 0 bridgehead atoms. The van der Waals surface area contributed by atoms with Gasteiger partial charge in [-0.25, -0.2) is 4.79 Å². The van der Waals surface area contributed by atoms with Gasteiger partial charge in [-0.05, 0) is 50.9 Å². The number of nitrogens with zero attached hydrogens (tertiary/aromatic N) is 2. The summed E-state index contributed by atoms with van der Waals surface area (Å²) in [6.07, 6.45) is 2.07. The number of hydrogen-bond acceptors (Lipinski definition) is 3. The first-order chi connectivity index (χ1) is 12.0. The Labute approximate surface area is 158 Å². The molecular weight excluding hydrogens is 382 g/mol. The number of nitrogens with one attached hydrogen (secondary N) is 1. The van der Waals surface area contributed by atoms with Crippen LogP contribution in [0.1, 0.15) is 38.2 Å². The van der Waals surface area contributed by atoms with E-state index in [1.165, 1.54) is 5.56 Å². The molecule has 0 aliphatic carbocycles. The second kappa shape index (κ2) is 8.06. The fraction of sp³-hybridized carbons (Fsp3) is 0.632. The zero-order valence-corrected chi connectivity index (χ0v) is 16.6. The predicted octanol–water partition coefficient (Wildman–Crippen LogP) is 2.79. The normalized spacial score (nSPS) is 27.2. The number of carbonyl (C=O) groups excluding carboxylic acids is 1. The van der Waals surface area contributed by atoms with Crippen LogP contribution < -0.4 is 5.32 Å². The molecule has 2 N–H and O–H groups in total. The van der Waals surface area contributed by atoms with Crippen LogP contribution in [-0.4, -0.2) is 65.3 Å². The minimum atomic E-state index is 0.0267.